The summed E-state index contributed by atoms with van der Waals surface area (Å²) < 4.78 is 2.75. The summed E-state index contributed by atoms with van der Waals surface area (Å²) in [4.78, 5) is 39.2. The van der Waals surface area contributed by atoms with Crippen LogP contribution in [0.1, 0.15) is 12.5 Å². The van der Waals surface area contributed by atoms with E-state index in [2.05, 4.69) is 21.2 Å². The molecule has 2 aliphatic heterocycles. The van der Waals surface area contributed by atoms with Gasteiger partial charge in [-0.3, -0.25) is 9.59 Å². The Morgan fingerprint density at radius 1 is 1.31 bits per heavy atom. The van der Waals surface area contributed by atoms with Crippen LogP contribution in [-0.2, 0) is 25.5 Å². The number of nitrogens with zero attached hydrogens (tertiary/aromatic N) is 1. The lowest BCUT2D eigenvalue weighted by atomic mass is 9.95. The lowest BCUT2D eigenvalue weighted by Crippen LogP contribution is -2.71. The molecule has 2 amide bonds. The molecule has 0 aromatic heterocycles. The molecule has 4 atom stereocenters. The quantitative estimate of drug-likeness (QED) is 0.339. The maximum absolute atomic E-state index is 12.7. The molecule has 2 saturated heterocycles. The van der Waals surface area contributed by atoms with Crippen LogP contribution in [0.2, 0.25) is 0 Å². The molecule has 0 spiro atoms. The second kappa shape index (κ2) is 8.83. The minimum Gasteiger partial charge on any atom is -0.460 e. The number of esters is 1. The molecule has 2 heterocycles. The number of alkyl halides is 4. The number of fused-ring (bicyclic) bond motifs is 1. The van der Waals surface area contributed by atoms with Crippen molar-refractivity contribution in [2.24, 2.45) is 0 Å². The van der Waals surface area contributed by atoms with Gasteiger partial charge in [-0.25, -0.2) is 4.79 Å². The number of thioether (sulfide) groups is 1. The average molecular weight is 545 g/mol. The van der Waals surface area contributed by atoms with Gasteiger partial charge in [0.1, 0.15) is 24.1 Å². The minimum atomic E-state index is -1.74. The van der Waals surface area contributed by atoms with Gasteiger partial charge in [-0.1, -0.05) is 81.1 Å². The van der Waals surface area contributed by atoms with E-state index in [1.54, 1.807) is 0 Å². The number of rotatable bonds is 6. The van der Waals surface area contributed by atoms with Crippen LogP contribution in [0, 0.1) is 0 Å². The number of ether oxygens (including phenoxy) is 1. The van der Waals surface area contributed by atoms with Crippen LogP contribution < -0.4 is 5.32 Å². The zero-order valence-electron chi connectivity index (χ0n) is 15.2. The highest BCUT2D eigenvalue weighted by Gasteiger charge is 2.65. The first kappa shape index (κ1) is 23.0. The van der Waals surface area contributed by atoms with Gasteiger partial charge in [-0.15, -0.1) is 11.8 Å². The molecule has 1 aromatic carbocycles. The number of benzene rings is 1. The number of hydrogen-bond donors (Lipinski definition) is 1. The molecular formula is C18H18BrCl3N2O4S. The largest absolute Gasteiger partial charge is 0.460 e. The zero-order valence-corrected chi connectivity index (χ0v) is 19.9. The monoisotopic (exact) mass is 542 g/mol. The second-order valence-corrected chi connectivity index (χ2v) is 11.8. The highest BCUT2D eigenvalue weighted by molar-refractivity contribution is 9.09. The van der Waals surface area contributed by atoms with Gasteiger partial charge >= 0.3 is 5.97 Å². The molecule has 2 fully saturated rings. The smallest absolute Gasteiger partial charge is 0.330 e. The number of nitrogens with one attached hydrogen (secondary N) is 1. The van der Waals surface area contributed by atoms with Crippen molar-refractivity contribution in [3.63, 3.8) is 0 Å². The van der Waals surface area contributed by atoms with E-state index in [0.29, 0.717) is 5.33 Å². The van der Waals surface area contributed by atoms with Gasteiger partial charge in [0.15, 0.2) is 0 Å². The maximum atomic E-state index is 12.7. The number of halogens is 4. The molecule has 2 aliphatic rings. The fraction of sp³-hybridized carbons (Fsp3) is 0.500. The van der Waals surface area contributed by atoms with E-state index in [9.17, 15) is 14.4 Å². The molecular weight excluding hydrogens is 527 g/mol. The van der Waals surface area contributed by atoms with Crippen molar-refractivity contribution in [1.29, 1.82) is 0 Å². The van der Waals surface area contributed by atoms with E-state index in [1.807, 2.05) is 37.3 Å². The summed E-state index contributed by atoms with van der Waals surface area (Å²) >= 11 is 21.8. The standard InChI is InChI=1S/C18H18BrCl3N2O4S/c1-17(8-19)13(16(27)28-9-18(20,21)22)24-14(26)12(15(24)29-17)23-11(25)7-10-5-3-2-4-6-10/h2-6,12-13,15H,7-9H2,1H3,(H,23,25)/t12?,13?,15-,17?/m1/s1. The molecule has 6 nitrogen and oxygen atoms in total. The number of carbonyl (C=O) groups is 3. The maximum Gasteiger partial charge on any atom is 0.330 e. The minimum absolute atomic E-state index is 0.173. The number of β-lactam (4-membered cyclic amide) rings is 1. The van der Waals surface area contributed by atoms with Gasteiger partial charge in [0, 0.05) is 5.33 Å². The Balaban J connectivity index is 1.68. The summed E-state index contributed by atoms with van der Waals surface area (Å²) in [5.74, 6) is -1.22. The first-order valence-corrected chi connectivity index (χ1v) is 11.8. The van der Waals surface area contributed by atoms with E-state index in [4.69, 9.17) is 39.5 Å². The summed E-state index contributed by atoms with van der Waals surface area (Å²) in [6, 6.07) is 7.71. The van der Waals surface area contributed by atoms with Gasteiger partial charge in [-0.05, 0) is 12.5 Å². The van der Waals surface area contributed by atoms with E-state index >= 15 is 0 Å². The molecule has 0 radical (unpaired) electrons. The number of amides is 2. The molecule has 0 aliphatic carbocycles. The van der Waals surface area contributed by atoms with Gasteiger partial charge in [0.05, 0.1) is 11.2 Å². The van der Waals surface area contributed by atoms with Crippen LogP contribution in [-0.4, -0.2) is 60.6 Å². The van der Waals surface area contributed by atoms with Crippen LogP contribution in [0.5, 0.6) is 0 Å². The van der Waals surface area contributed by atoms with Gasteiger partial charge in [0.2, 0.25) is 15.6 Å². The first-order valence-electron chi connectivity index (χ1n) is 8.68. The van der Waals surface area contributed by atoms with Crippen LogP contribution >= 0.6 is 62.5 Å². The van der Waals surface area contributed by atoms with E-state index in [0.717, 1.165) is 5.56 Å². The van der Waals surface area contributed by atoms with Crippen LogP contribution in [0.25, 0.3) is 0 Å². The lowest BCUT2D eigenvalue weighted by Gasteiger charge is -2.44. The molecule has 0 bridgehead atoms. The van der Waals surface area contributed by atoms with Crippen molar-refractivity contribution in [2.45, 2.75) is 39.3 Å². The van der Waals surface area contributed by atoms with Crippen molar-refractivity contribution in [1.82, 2.24) is 10.2 Å². The summed E-state index contributed by atoms with van der Waals surface area (Å²) in [6.07, 6.45) is 0.173. The van der Waals surface area contributed by atoms with Crippen molar-refractivity contribution in [3.05, 3.63) is 35.9 Å². The predicted octanol–water partition coefficient (Wildman–Crippen LogP) is 3.06. The zero-order chi connectivity index (χ0) is 21.4. The molecule has 1 N–H and O–H groups in total. The topological polar surface area (TPSA) is 75.7 Å². The van der Waals surface area contributed by atoms with Crippen LogP contribution in [0.15, 0.2) is 30.3 Å². The Morgan fingerprint density at radius 2 is 1.97 bits per heavy atom. The highest BCUT2D eigenvalue weighted by atomic mass is 79.9. The van der Waals surface area contributed by atoms with E-state index in [-0.39, 0.29) is 23.6 Å². The Bertz CT molecular complexity index is 810. The van der Waals surface area contributed by atoms with E-state index < -0.39 is 33.2 Å². The Hall–Kier alpha value is -0.670. The number of hydrogen-bond acceptors (Lipinski definition) is 5. The molecule has 3 unspecified atom stereocenters. The Morgan fingerprint density at radius 3 is 2.55 bits per heavy atom. The fourth-order valence-electron chi connectivity index (χ4n) is 3.36. The Labute approximate surface area is 196 Å². The summed E-state index contributed by atoms with van der Waals surface area (Å²) in [5.41, 5.74) is 0.853. The third-order valence-corrected chi connectivity index (χ3v) is 8.23. The predicted molar refractivity (Wildman–Crippen MR) is 118 cm³/mol. The Kier molecular flexibility index (Phi) is 7.00. The van der Waals surface area contributed by atoms with Crippen molar-refractivity contribution in [2.75, 3.05) is 11.9 Å². The lowest BCUT2D eigenvalue weighted by molar-refractivity contribution is -0.164. The SMILES string of the molecule is CC1(CBr)S[C@@H]2C(NC(=O)Cc3ccccc3)C(=O)N2C1C(=O)OCC(Cl)(Cl)Cl. The first-order chi connectivity index (χ1) is 13.6. The third-order valence-electron chi connectivity index (χ3n) is 4.72. The van der Waals surface area contributed by atoms with Crippen molar-refractivity contribution < 1.29 is 19.1 Å². The number of carbonyl (C=O) groups excluding carboxylic acids is 3. The van der Waals surface area contributed by atoms with Gasteiger partial charge in [0.25, 0.3) is 0 Å². The molecule has 3 rings (SSSR count). The summed E-state index contributed by atoms with van der Waals surface area (Å²) in [5, 5.41) is 2.85. The van der Waals surface area contributed by atoms with Crippen LogP contribution in [0.4, 0.5) is 0 Å². The summed E-state index contributed by atoms with van der Waals surface area (Å²) in [7, 11) is 0. The average Bonchev–Trinajstić information content (AvgIpc) is 2.95. The molecule has 29 heavy (non-hydrogen) atoms. The molecule has 0 saturated carbocycles. The van der Waals surface area contributed by atoms with Crippen molar-refractivity contribution >= 4 is 80.3 Å². The highest BCUT2D eigenvalue weighted by Crippen LogP contribution is 2.52. The van der Waals surface area contributed by atoms with E-state index in [1.165, 1.54) is 16.7 Å². The third kappa shape index (κ3) is 4.98. The molecule has 158 valence electrons. The van der Waals surface area contributed by atoms with Crippen LogP contribution in [0.3, 0.4) is 0 Å². The van der Waals surface area contributed by atoms with Crippen molar-refractivity contribution in [3.8, 4) is 0 Å². The molecule has 11 heteroatoms. The summed E-state index contributed by atoms with van der Waals surface area (Å²) in [6.45, 7) is 1.43. The molecule has 1 aromatic rings. The normalized spacial score (nSPS) is 28.5. The fourth-order valence-corrected chi connectivity index (χ4v) is 5.84. The van der Waals surface area contributed by atoms with Gasteiger partial charge in [-0.2, -0.15) is 0 Å². The van der Waals surface area contributed by atoms with Gasteiger partial charge < -0.3 is 15.0 Å². The second-order valence-electron chi connectivity index (χ2n) is 7.03.